The summed E-state index contributed by atoms with van der Waals surface area (Å²) < 4.78 is 0. The van der Waals surface area contributed by atoms with Gasteiger partial charge in [-0.25, -0.2) is 4.79 Å². The molecule has 1 atom stereocenters. The lowest BCUT2D eigenvalue weighted by atomic mass is 10.1. The molecule has 3 nitrogen and oxygen atoms in total. The Morgan fingerprint density at radius 2 is 2.06 bits per heavy atom. The smallest absolute Gasteiger partial charge is 0.337 e. The third-order valence-corrected chi connectivity index (χ3v) is 3.16. The number of carboxylic acids is 1. The number of aryl methyl sites for hydroxylation is 1. The fraction of sp³-hybridized carbons (Fsp3) is 0.500. The minimum Gasteiger partial charge on any atom is -0.478 e. The van der Waals surface area contributed by atoms with Crippen LogP contribution in [-0.2, 0) is 0 Å². The predicted octanol–water partition coefficient (Wildman–Crippen LogP) is 3.32. The number of benzene rings is 1. The average molecular weight is 235 g/mol. The molecule has 1 unspecified atom stereocenters. The average Bonchev–Trinajstić information content (AvgIpc) is 2.29. The highest BCUT2D eigenvalue weighted by Crippen LogP contribution is 2.25. The first-order valence-corrected chi connectivity index (χ1v) is 6.11. The second kappa shape index (κ2) is 5.71. The Labute approximate surface area is 103 Å². The van der Waals surface area contributed by atoms with Crippen LogP contribution in [0.25, 0.3) is 0 Å². The molecule has 0 aliphatic rings. The van der Waals surface area contributed by atoms with E-state index in [1.165, 1.54) is 0 Å². The number of rotatable bonds is 5. The highest BCUT2D eigenvalue weighted by molar-refractivity contribution is 5.94. The molecule has 0 fully saturated rings. The second-order valence-electron chi connectivity index (χ2n) is 4.37. The molecule has 1 N–H and O–H groups in total. The standard InChI is InChI=1S/C14H21NO2/c1-5-11(4)15(6-2)13-9-10(3)7-8-12(13)14(16)17/h7-9,11H,5-6H2,1-4H3,(H,16,17). The zero-order chi connectivity index (χ0) is 13.0. The summed E-state index contributed by atoms with van der Waals surface area (Å²) in [5.74, 6) is -0.859. The molecule has 1 aromatic rings. The number of nitrogens with zero attached hydrogens (tertiary/aromatic N) is 1. The lowest BCUT2D eigenvalue weighted by Gasteiger charge is -2.31. The summed E-state index contributed by atoms with van der Waals surface area (Å²) >= 11 is 0. The molecule has 0 aliphatic carbocycles. The van der Waals surface area contributed by atoms with Gasteiger partial charge in [0.05, 0.1) is 11.3 Å². The molecule has 0 aliphatic heterocycles. The summed E-state index contributed by atoms with van der Waals surface area (Å²) in [6.45, 7) is 9.10. The van der Waals surface area contributed by atoms with E-state index in [0.29, 0.717) is 11.6 Å². The number of aromatic carboxylic acids is 1. The van der Waals surface area contributed by atoms with E-state index in [0.717, 1.165) is 24.2 Å². The van der Waals surface area contributed by atoms with Crippen molar-refractivity contribution in [2.24, 2.45) is 0 Å². The molecule has 0 spiro atoms. The van der Waals surface area contributed by atoms with Gasteiger partial charge in [-0.3, -0.25) is 0 Å². The van der Waals surface area contributed by atoms with Crippen LogP contribution in [0.15, 0.2) is 18.2 Å². The van der Waals surface area contributed by atoms with E-state index in [1.807, 2.05) is 19.1 Å². The molecule has 0 amide bonds. The lowest BCUT2D eigenvalue weighted by molar-refractivity contribution is 0.0697. The molecule has 1 rings (SSSR count). The van der Waals surface area contributed by atoms with Gasteiger partial charge in [0.15, 0.2) is 0 Å². The molecule has 0 radical (unpaired) electrons. The van der Waals surface area contributed by atoms with Crippen LogP contribution in [0.4, 0.5) is 5.69 Å². The third-order valence-electron chi connectivity index (χ3n) is 3.16. The lowest BCUT2D eigenvalue weighted by Crippen LogP contribution is -2.33. The van der Waals surface area contributed by atoms with Gasteiger partial charge < -0.3 is 10.0 Å². The fourth-order valence-corrected chi connectivity index (χ4v) is 2.00. The van der Waals surface area contributed by atoms with Gasteiger partial charge >= 0.3 is 5.97 Å². The van der Waals surface area contributed by atoms with Crippen LogP contribution in [0.2, 0.25) is 0 Å². The van der Waals surface area contributed by atoms with Gasteiger partial charge in [0.1, 0.15) is 0 Å². The van der Waals surface area contributed by atoms with Crippen molar-refractivity contribution < 1.29 is 9.90 Å². The Morgan fingerprint density at radius 3 is 2.53 bits per heavy atom. The summed E-state index contributed by atoms with van der Waals surface area (Å²) in [4.78, 5) is 13.4. The summed E-state index contributed by atoms with van der Waals surface area (Å²) in [5.41, 5.74) is 2.30. The molecule has 0 bridgehead atoms. The molecule has 0 heterocycles. The van der Waals surface area contributed by atoms with Crippen molar-refractivity contribution in [1.29, 1.82) is 0 Å². The highest BCUT2D eigenvalue weighted by atomic mass is 16.4. The SMILES string of the molecule is CCC(C)N(CC)c1cc(C)ccc1C(=O)O. The normalized spacial score (nSPS) is 12.2. The summed E-state index contributed by atoms with van der Waals surface area (Å²) in [7, 11) is 0. The topological polar surface area (TPSA) is 40.5 Å². The van der Waals surface area contributed by atoms with Crippen LogP contribution in [-0.4, -0.2) is 23.7 Å². The van der Waals surface area contributed by atoms with Crippen LogP contribution < -0.4 is 4.90 Å². The van der Waals surface area contributed by atoms with Gasteiger partial charge in [-0.15, -0.1) is 0 Å². The monoisotopic (exact) mass is 235 g/mol. The minimum atomic E-state index is -0.859. The van der Waals surface area contributed by atoms with Gasteiger partial charge in [-0.1, -0.05) is 13.0 Å². The molecule has 1 aromatic carbocycles. The molecule has 3 heteroatoms. The molecule has 0 saturated heterocycles. The van der Waals surface area contributed by atoms with E-state index in [-0.39, 0.29) is 0 Å². The Hall–Kier alpha value is -1.51. The second-order valence-corrected chi connectivity index (χ2v) is 4.37. The van der Waals surface area contributed by atoms with Gasteiger partial charge in [-0.2, -0.15) is 0 Å². The fourth-order valence-electron chi connectivity index (χ4n) is 2.00. The van der Waals surface area contributed by atoms with Crippen LogP contribution in [0.3, 0.4) is 0 Å². The molecular weight excluding hydrogens is 214 g/mol. The van der Waals surface area contributed by atoms with Crippen LogP contribution in [0.1, 0.15) is 43.1 Å². The summed E-state index contributed by atoms with van der Waals surface area (Å²) in [6.07, 6.45) is 1.00. The van der Waals surface area contributed by atoms with Crippen molar-refractivity contribution >= 4 is 11.7 Å². The quantitative estimate of drug-likeness (QED) is 0.851. The Bertz CT molecular complexity index is 401. The zero-order valence-electron chi connectivity index (χ0n) is 11.0. The molecule has 94 valence electrons. The molecule has 0 saturated carbocycles. The Balaban J connectivity index is 3.25. The van der Waals surface area contributed by atoms with E-state index in [2.05, 4.69) is 25.7 Å². The van der Waals surface area contributed by atoms with Gasteiger partial charge in [0.25, 0.3) is 0 Å². The predicted molar refractivity (Wildman–Crippen MR) is 70.9 cm³/mol. The number of carbonyl (C=O) groups is 1. The van der Waals surface area contributed by atoms with Gasteiger partial charge in [0.2, 0.25) is 0 Å². The third kappa shape index (κ3) is 2.99. The molecule has 17 heavy (non-hydrogen) atoms. The number of anilines is 1. The number of carboxylic acid groups (broad SMARTS) is 1. The molecule has 0 aromatic heterocycles. The van der Waals surface area contributed by atoms with Crippen LogP contribution >= 0.6 is 0 Å². The number of hydrogen-bond acceptors (Lipinski definition) is 2. The maximum Gasteiger partial charge on any atom is 0.337 e. The Morgan fingerprint density at radius 1 is 1.41 bits per heavy atom. The maximum atomic E-state index is 11.2. The molecular formula is C14H21NO2. The van der Waals surface area contributed by atoms with E-state index >= 15 is 0 Å². The van der Waals surface area contributed by atoms with Gasteiger partial charge in [0, 0.05) is 12.6 Å². The van der Waals surface area contributed by atoms with Crippen LogP contribution in [0.5, 0.6) is 0 Å². The van der Waals surface area contributed by atoms with Crippen molar-refractivity contribution in [2.45, 2.75) is 40.2 Å². The first-order valence-electron chi connectivity index (χ1n) is 6.11. The van der Waals surface area contributed by atoms with E-state index in [4.69, 9.17) is 0 Å². The van der Waals surface area contributed by atoms with Crippen molar-refractivity contribution in [3.63, 3.8) is 0 Å². The summed E-state index contributed by atoms with van der Waals surface area (Å²) in [5, 5.41) is 9.23. The van der Waals surface area contributed by atoms with E-state index in [1.54, 1.807) is 6.07 Å². The number of hydrogen-bond donors (Lipinski definition) is 1. The van der Waals surface area contributed by atoms with Crippen molar-refractivity contribution in [2.75, 3.05) is 11.4 Å². The Kier molecular flexibility index (Phi) is 4.55. The van der Waals surface area contributed by atoms with Crippen molar-refractivity contribution in [3.8, 4) is 0 Å². The zero-order valence-corrected chi connectivity index (χ0v) is 11.0. The van der Waals surface area contributed by atoms with Crippen LogP contribution in [0, 0.1) is 6.92 Å². The highest BCUT2D eigenvalue weighted by Gasteiger charge is 2.18. The summed E-state index contributed by atoms with van der Waals surface area (Å²) in [6, 6.07) is 5.84. The first-order chi connectivity index (χ1) is 8.01. The minimum absolute atomic E-state index is 0.347. The first kappa shape index (κ1) is 13.6. The maximum absolute atomic E-state index is 11.2. The van der Waals surface area contributed by atoms with Crippen molar-refractivity contribution in [1.82, 2.24) is 0 Å². The van der Waals surface area contributed by atoms with Crippen molar-refractivity contribution in [3.05, 3.63) is 29.3 Å². The van der Waals surface area contributed by atoms with Gasteiger partial charge in [-0.05, 0) is 44.9 Å². The van der Waals surface area contributed by atoms with E-state index < -0.39 is 5.97 Å². The largest absolute Gasteiger partial charge is 0.478 e. The van der Waals surface area contributed by atoms with E-state index in [9.17, 15) is 9.90 Å².